The standard InChI is InChI=1S/C6H7NO2S.C4H8O/c7-10(8,9)6-4-2-1-3-5-6;1-2-4-5-3-1/h1-5H,(H2,7,8,9);1-4H2. The second kappa shape index (κ2) is 5.85. The molecule has 4 nitrogen and oxygen atoms in total. The number of sulfonamides is 1. The van der Waals surface area contributed by atoms with Crippen LogP contribution in [0.25, 0.3) is 0 Å². The van der Waals surface area contributed by atoms with Crippen molar-refractivity contribution in [3.63, 3.8) is 0 Å². The number of rotatable bonds is 1. The number of nitrogens with two attached hydrogens (primary N) is 1. The minimum atomic E-state index is -3.50. The first kappa shape index (κ1) is 12.2. The summed E-state index contributed by atoms with van der Waals surface area (Å²) in [7, 11) is -3.50. The van der Waals surface area contributed by atoms with E-state index < -0.39 is 10.0 Å². The highest BCUT2D eigenvalue weighted by molar-refractivity contribution is 7.89. The Hall–Kier alpha value is -0.910. The van der Waals surface area contributed by atoms with Crippen molar-refractivity contribution >= 4 is 10.0 Å². The smallest absolute Gasteiger partial charge is 0.238 e. The van der Waals surface area contributed by atoms with Crippen molar-refractivity contribution in [1.82, 2.24) is 0 Å². The molecule has 0 saturated carbocycles. The maximum Gasteiger partial charge on any atom is 0.238 e. The van der Waals surface area contributed by atoms with Crippen LogP contribution in [0.5, 0.6) is 0 Å². The van der Waals surface area contributed by atoms with E-state index in [0.717, 1.165) is 13.2 Å². The van der Waals surface area contributed by atoms with Crippen LogP contribution < -0.4 is 5.14 Å². The van der Waals surface area contributed by atoms with E-state index in [9.17, 15) is 8.42 Å². The van der Waals surface area contributed by atoms with E-state index in [1.165, 1.54) is 25.0 Å². The average Bonchev–Trinajstić information content (AvgIpc) is 2.76. The van der Waals surface area contributed by atoms with Crippen molar-refractivity contribution in [2.75, 3.05) is 13.2 Å². The fourth-order valence-electron chi connectivity index (χ4n) is 1.12. The lowest BCUT2D eigenvalue weighted by molar-refractivity contribution is 0.198. The lowest BCUT2D eigenvalue weighted by Gasteiger charge is -1.93. The van der Waals surface area contributed by atoms with Gasteiger partial charge in [-0.2, -0.15) is 0 Å². The summed E-state index contributed by atoms with van der Waals surface area (Å²) >= 11 is 0. The van der Waals surface area contributed by atoms with E-state index in [2.05, 4.69) is 0 Å². The van der Waals surface area contributed by atoms with Gasteiger partial charge in [0.25, 0.3) is 0 Å². The number of hydrogen-bond acceptors (Lipinski definition) is 3. The molecule has 1 aromatic rings. The van der Waals surface area contributed by atoms with Crippen molar-refractivity contribution in [1.29, 1.82) is 0 Å². The quantitative estimate of drug-likeness (QED) is 0.784. The Bertz CT molecular complexity index is 363. The molecule has 1 fully saturated rings. The van der Waals surface area contributed by atoms with Gasteiger partial charge in [0.1, 0.15) is 0 Å². The zero-order chi connectivity index (χ0) is 11.1. The first-order valence-corrected chi connectivity index (χ1v) is 6.31. The van der Waals surface area contributed by atoms with E-state index >= 15 is 0 Å². The Labute approximate surface area is 90.1 Å². The van der Waals surface area contributed by atoms with Crippen molar-refractivity contribution < 1.29 is 13.2 Å². The van der Waals surface area contributed by atoms with Crippen LogP contribution in [0.1, 0.15) is 12.8 Å². The summed E-state index contributed by atoms with van der Waals surface area (Å²) in [5.41, 5.74) is 0. The maximum atomic E-state index is 10.6. The predicted octanol–water partition coefficient (Wildman–Crippen LogP) is 1.13. The van der Waals surface area contributed by atoms with E-state index in [1.807, 2.05) is 0 Å². The first-order valence-electron chi connectivity index (χ1n) is 4.76. The molecule has 0 unspecified atom stereocenters. The SMILES string of the molecule is C1CCOC1.NS(=O)(=O)c1ccccc1. The first-order chi connectivity index (χ1) is 7.11. The van der Waals surface area contributed by atoms with Gasteiger partial charge >= 0.3 is 0 Å². The van der Waals surface area contributed by atoms with E-state index in [-0.39, 0.29) is 4.90 Å². The van der Waals surface area contributed by atoms with Crippen LogP contribution in [0.15, 0.2) is 35.2 Å². The molecule has 1 aromatic carbocycles. The number of hydrogen-bond donors (Lipinski definition) is 1. The summed E-state index contributed by atoms with van der Waals surface area (Å²) in [4.78, 5) is 0.148. The van der Waals surface area contributed by atoms with Crippen LogP contribution in [0.4, 0.5) is 0 Å². The predicted molar refractivity (Wildman–Crippen MR) is 57.9 cm³/mol. The molecule has 5 heteroatoms. The van der Waals surface area contributed by atoms with Gasteiger partial charge in [-0.3, -0.25) is 0 Å². The fourth-order valence-corrected chi connectivity index (χ4v) is 1.66. The highest BCUT2D eigenvalue weighted by atomic mass is 32.2. The average molecular weight is 229 g/mol. The molecule has 0 bridgehead atoms. The Balaban J connectivity index is 0.000000187. The minimum absolute atomic E-state index is 0.148. The molecular formula is C10H15NO3S. The van der Waals surface area contributed by atoms with Gasteiger partial charge in [0.2, 0.25) is 10.0 Å². The Morgan fingerprint density at radius 1 is 1.07 bits per heavy atom. The minimum Gasteiger partial charge on any atom is -0.381 e. The highest BCUT2D eigenvalue weighted by Gasteiger charge is 2.03. The van der Waals surface area contributed by atoms with Crippen LogP contribution in [-0.2, 0) is 14.8 Å². The van der Waals surface area contributed by atoms with E-state index in [4.69, 9.17) is 9.88 Å². The molecular weight excluding hydrogens is 214 g/mol. The molecule has 0 aliphatic carbocycles. The topological polar surface area (TPSA) is 69.4 Å². The van der Waals surface area contributed by atoms with Gasteiger partial charge in [-0.25, -0.2) is 13.6 Å². The van der Waals surface area contributed by atoms with Crippen molar-refractivity contribution in [2.24, 2.45) is 5.14 Å². The Morgan fingerprint density at radius 2 is 1.60 bits per heavy atom. The lowest BCUT2D eigenvalue weighted by Crippen LogP contribution is -2.11. The van der Waals surface area contributed by atoms with E-state index in [0.29, 0.717) is 0 Å². The van der Waals surface area contributed by atoms with Crippen molar-refractivity contribution in [3.8, 4) is 0 Å². The van der Waals surface area contributed by atoms with Gasteiger partial charge in [0, 0.05) is 13.2 Å². The number of primary sulfonamides is 1. The van der Waals surface area contributed by atoms with Crippen LogP contribution in [-0.4, -0.2) is 21.6 Å². The second-order valence-electron chi connectivity index (χ2n) is 3.18. The molecule has 0 radical (unpaired) electrons. The molecule has 0 spiro atoms. The largest absolute Gasteiger partial charge is 0.381 e. The maximum absolute atomic E-state index is 10.6. The molecule has 1 aliphatic rings. The molecule has 15 heavy (non-hydrogen) atoms. The molecule has 84 valence electrons. The van der Waals surface area contributed by atoms with E-state index in [1.54, 1.807) is 18.2 Å². The third kappa shape index (κ3) is 4.92. The van der Waals surface area contributed by atoms with Gasteiger partial charge in [-0.15, -0.1) is 0 Å². The van der Waals surface area contributed by atoms with Gasteiger partial charge in [0.15, 0.2) is 0 Å². The molecule has 1 saturated heterocycles. The zero-order valence-corrected chi connectivity index (χ0v) is 9.24. The van der Waals surface area contributed by atoms with Gasteiger partial charge in [-0.05, 0) is 25.0 Å². The van der Waals surface area contributed by atoms with Crippen LogP contribution in [0.3, 0.4) is 0 Å². The molecule has 0 aromatic heterocycles. The van der Waals surface area contributed by atoms with Gasteiger partial charge in [0.05, 0.1) is 4.90 Å². The lowest BCUT2D eigenvalue weighted by atomic mass is 10.4. The van der Waals surface area contributed by atoms with Crippen LogP contribution in [0.2, 0.25) is 0 Å². The summed E-state index contributed by atoms with van der Waals surface area (Å²) in [6.45, 7) is 2.00. The summed E-state index contributed by atoms with van der Waals surface area (Å²) in [5.74, 6) is 0. The summed E-state index contributed by atoms with van der Waals surface area (Å²) in [6.07, 6.45) is 2.56. The van der Waals surface area contributed by atoms with Crippen LogP contribution in [0, 0.1) is 0 Å². The van der Waals surface area contributed by atoms with Crippen molar-refractivity contribution in [3.05, 3.63) is 30.3 Å². The normalized spacial score (nSPS) is 15.5. The molecule has 0 atom stereocenters. The molecule has 2 N–H and O–H groups in total. The highest BCUT2D eigenvalue weighted by Crippen LogP contribution is 2.03. The monoisotopic (exact) mass is 229 g/mol. The molecule has 1 heterocycles. The summed E-state index contributed by atoms with van der Waals surface area (Å²) in [5, 5.41) is 4.83. The number of benzene rings is 1. The third-order valence-electron chi connectivity index (χ3n) is 1.90. The second-order valence-corrected chi connectivity index (χ2v) is 4.74. The molecule has 1 aliphatic heterocycles. The summed E-state index contributed by atoms with van der Waals surface area (Å²) in [6, 6.07) is 7.89. The summed E-state index contributed by atoms with van der Waals surface area (Å²) < 4.78 is 26.2. The zero-order valence-electron chi connectivity index (χ0n) is 8.43. The molecule has 0 amide bonds. The van der Waals surface area contributed by atoms with Gasteiger partial charge < -0.3 is 4.74 Å². The van der Waals surface area contributed by atoms with Crippen LogP contribution >= 0.6 is 0 Å². The molecule has 2 rings (SSSR count). The number of ether oxygens (including phenoxy) is 1. The van der Waals surface area contributed by atoms with Gasteiger partial charge in [-0.1, -0.05) is 18.2 Å². The third-order valence-corrected chi connectivity index (χ3v) is 2.83. The Kier molecular flexibility index (Phi) is 4.74. The van der Waals surface area contributed by atoms with Crippen molar-refractivity contribution in [2.45, 2.75) is 17.7 Å². The fraction of sp³-hybridized carbons (Fsp3) is 0.400. The Morgan fingerprint density at radius 3 is 1.87 bits per heavy atom.